The van der Waals surface area contributed by atoms with Crippen LogP contribution in [-0.2, 0) is 5.54 Å². The Labute approximate surface area is 123 Å². The van der Waals surface area contributed by atoms with Gasteiger partial charge < -0.3 is 10.6 Å². The SMILES string of the molecule is N#Cc1cccc(NC(=O)NC2(c3ccccc3)CC2)c1. The van der Waals surface area contributed by atoms with Crippen molar-refractivity contribution in [2.24, 2.45) is 0 Å². The predicted octanol–water partition coefficient (Wildman–Crippen LogP) is 3.37. The van der Waals surface area contributed by atoms with Crippen LogP contribution in [0.4, 0.5) is 10.5 Å². The van der Waals surface area contributed by atoms with E-state index in [1.54, 1.807) is 24.3 Å². The Morgan fingerprint density at radius 1 is 1.10 bits per heavy atom. The maximum Gasteiger partial charge on any atom is 0.319 e. The Hall–Kier alpha value is -2.80. The van der Waals surface area contributed by atoms with Gasteiger partial charge in [0.15, 0.2) is 0 Å². The number of rotatable bonds is 3. The van der Waals surface area contributed by atoms with Crippen LogP contribution < -0.4 is 10.6 Å². The van der Waals surface area contributed by atoms with E-state index >= 15 is 0 Å². The van der Waals surface area contributed by atoms with Crippen molar-refractivity contribution in [3.8, 4) is 6.07 Å². The molecule has 2 aromatic carbocycles. The summed E-state index contributed by atoms with van der Waals surface area (Å²) in [6.07, 6.45) is 1.89. The third kappa shape index (κ3) is 2.87. The Morgan fingerprint density at radius 2 is 1.86 bits per heavy atom. The van der Waals surface area contributed by atoms with Gasteiger partial charge in [0, 0.05) is 5.69 Å². The smallest absolute Gasteiger partial charge is 0.319 e. The summed E-state index contributed by atoms with van der Waals surface area (Å²) in [7, 11) is 0. The summed E-state index contributed by atoms with van der Waals surface area (Å²) in [6, 6.07) is 18.7. The highest BCUT2D eigenvalue weighted by Crippen LogP contribution is 2.45. The summed E-state index contributed by atoms with van der Waals surface area (Å²) in [6.45, 7) is 0. The molecule has 1 fully saturated rings. The highest BCUT2D eigenvalue weighted by molar-refractivity contribution is 5.90. The van der Waals surface area contributed by atoms with E-state index in [1.807, 2.05) is 30.3 Å². The first kappa shape index (κ1) is 13.2. The zero-order valence-electron chi connectivity index (χ0n) is 11.5. The first-order valence-corrected chi connectivity index (χ1v) is 6.87. The second-order valence-corrected chi connectivity index (χ2v) is 5.22. The lowest BCUT2D eigenvalue weighted by atomic mass is 10.1. The molecule has 1 aliphatic rings. The standard InChI is InChI=1S/C17H15N3O/c18-12-13-5-4-8-15(11-13)19-16(21)20-17(9-10-17)14-6-2-1-3-7-14/h1-8,11H,9-10H2,(H2,19,20,21). The summed E-state index contributed by atoms with van der Waals surface area (Å²) in [4.78, 5) is 12.1. The molecule has 0 radical (unpaired) electrons. The Morgan fingerprint density at radius 3 is 2.52 bits per heavy atom. The van der Waals surface area contributed by atoms with Crippen molar-refractivity contribution in [2.75, 3.05) is 5.32 Å². The number of nitrogens with one attached hydrogen (secondary N) is 2. The molecule has 0 unspecified atom stereocenters. The first-order chi connectivity index (χ1) is 10.2. The minimum absolute atomic E-state index is 0.238. The summed E-state index contributed by atoms with van der Waals surface area (Å²) >= 11 is 0. The molecule has 2 aromatic rings. The van der Waals surface area contributed by atoms with Gasteiger partial charge in [-0.1, -0.05) is 36.4 Å². The van der Waals surface area contributed by atoms with Crippen molar-refractivity contribution in [1.29, 1.82) is 5.26 Å². The van der Waals surface area contributed by atoms with Crippen molar-refractivity contribution < 1.29 is 4.79 Å². The quantitative estimate of drug-likeness (QED) is 0.903. The van der Waals surface area contributed by atoms with Crippen LogP contribution >= 0.6 is 0 Å². The molecular formula is C17H15N3O. The van der Waals surface area contributed by atoms with E-state index < -0.39 is 0 Å². The van der Waals surface area contributed by atoms with Crippen molar-refractivity contribution in [2.45, 2.75) is 18.4 Å². The number of carbonyl (C=O) groups is 1. The van der Waals surface area contributed by atoms with Gasteiger partial charge in [0.05, 0.1) is 17.2 Å². The van der Waals surface area contributed by atoms with Crippen molar-refractivity contribution >= 4 is 11.7 Å². The molecule has 4 nitrogen and oxygen atoms in total. The second kappa shape index (κ2) is 5.29. The monoisotopic (exact) mass is 277 g/mol. The van der Waals surface area contributed by atoms with Gasteiger partial charge in [-0.3, -0.25) is 0 Å². The number of urea groups is 1. The molecule has 0 bridgehead atoms. The Bertz CT molecular complexity index is 699. The van der Waals surface area contributed by atoms with E-state index in [0.29, 0.717) is 11.3 Å². The molecule has 0 heterocycles. The number of amides is 2. The van der Waals surface area contributed by atoms with Gasteiger partial charge in [-0.25, -0.2) is 4.79 Å². The molecule has 0 aliphatic heterocycles. The normalized spacial score (nSPS) is 14.8. The van der Waals surface area contributed by atoms with Crippen LogP contribution in [0.15, 0.2) is 54.6 Å². The number of hydrogen-bond donors (Lipinski definition) is 2. The number of benzene rings is 2. The van der Waals surface area contributed by atoms with Crippen molar-refractivity contribution in [3.63, 3.8) is 0 Å². The fourth-order valence-corrected chi connectivity index (χ4v) is 2.41. The van der Waals surface area contributed by atoms with E-state index in [4.69, 9.17) is 5.26 Å². The zero-order chi connectivity index (χ0) is 14.7. The van der Waals surface area contributed by atoms with E-state index in [9.17, 15) is 4.79 Å². The molecule has 1 aliphatic carbocycles. The maximum atomic E-state index is 12.1. The average Bonchev–Trinajstić information content (AvgIpc) is 3.29. The van der Waals surface area contributed by atoms with Gasteiger partial charge in [0.1, 0.15) is 0 Å². The lowest BCUT2D eigenvalue weighted by Gasteiger charge is -2.18. The van der Waals surface area contributed by atoms with Gasteiger partial charge in [-0.05, 0) is 36.6 Å². The molecule has 1 saturated carbocycles. The van der Waals surface area contributed by atoms with E-state index in [0.717, 1.165) is 18.4 Å². The van der Waals surface area contributed by atoms with Crippen LogP contribution in [0.3, 0.4) is 0 Å². The molecule has 0 atom stereocenters. The van der Waals surface area contributed by atoms with Gasteiger partial charge in [0.2, 0.25) is 0 Å². The Kier molecular flexibility index (Phi) is 3.33. The summed E-state index contributed by atoms with van der Waals surface area (Å²) in [5.74, 6) is 0. The van der Waals surface area contributed by atoms with Gasteiger partial charge in [-0.15, -0.1) is 0 Å². The number of nitrogens with zero attached hydrogens (tertiary/aromatic N) is 1. The fraction of sp³-hybridized carbons (Fsp3) is 0.176. The molecule has 2 N–H and O–H groups in total. The molecule has 21 heavy (non-hydrogen) atoms. The van der Waals surface area contributed by atoms with Crippen LogP contribution in [0.5, 0.6) is 0 Å². The summed E-state index contributed by atoms with van der Waals surface area (Å²) < 4.78 is 0. The number of hydrogen-bond acceptors (Lipinski definition) is 2. The van der Waals surface area contributed by atoms with Crippen molar-refractivity contribution in [1.82, 2.24) is 5.32 Å². The third-order valence-corrected chi connectivity index (χ3v) is 3.68. The molecule has 4 heteroatoms. The van der Waals surface area contributed by atoms with Crippen LogP contribution in [0, 0.1) is 11.3 Å². The number of carbonyl (C=O) groups excluding carboxylic acids is 1. The molecule has 3 rings (SSSR count). The average molecular weight is 277 g/mol. The van der Waals surface area contributed by atoms with E-state index in [2.05, 4.69) is 16.7 Å². The summed E-state index contributed by atoms with van der Waals surface area (Å²) in [5.41, 5.74) is 2.04. The highest BCUT2D eigenvalue weighted by Gasteiger charge is 2.45. The second-order valence-electron chi connectivity index (χ2n) is 5.22. The van der Waals surface area contributed by atoms with E-state index in [-0.39, 0.29) is 11.6 Å². The highest BCUT2D eigenvalue weighted by atomic mass is 16.2. The lowest BCUT2D eigenvalue weighted by Crippen LogP contribution is -2.38. The molecule has 0 aromatic heterocycles. The van der Waals surface area contributed by atoms with Gasteiger partial charge in [0.25, 0.3) is 0 Å². The largest absolute Gasteiger partial charge is 0.328 e. The number of nitriles is 1. The van der Waals surface area contributed by atoms with E-state index in [1.165, 1.54) is 0 Å². The molecule has 0 saturated heterocycles. The minimum atomic E-state index is -0.244. The molecular weight excluding hydrogens is 262 g/mol. The van der Waals surface area contributed by atoms with Crippen LogP contribution in [0.1, 0.15) is 24.0 Å². The molecule has 104 valence electrons. The Balaban J connectivity index is 1.69. The molecule has 0 spiro atoms. The van der Waals surface area contributed by atoms with Crippen LogP contribution in [0.2, 0.25) is 0 Å². The maximum absolute atomic E-state index is 12.1. The van der Waals surface area contributed by atoms with Gasteiger partial charge in [-0.2, -0.15) is 5.26 Å². The van der Waals surface area contributed by atoms with Crippen LogP contribution in [0.25, 0.3) is 0 Å². The summed E-state index contributed by atoms with van der Waals surface area (Å²) in [5, 5.41) is 14.7. The van der Waals surface area contributed by atoms with Gasteiger partial charge >= 0.3 is 6.03 Å². The number of anilines is 1. The first-order valence-electron chi connectivity index (χ1n) is 6.87. The topological polar surface area (TPSA) is 64.9 Å². The van der Waals surface area contributed by atoms with Crippen LogP contribution in [-0.4, -0.2) is 6.03 Å². The zero-order valence-corrected chi connectivity index (χ0v) is 11.5. The van der Waals surface area contributed by atoms with Crippen molar-refractivity contribution in [3.05, 3.63) is 65.7 Å². The molecule has 2 amide bonds. The lowest BCUT2D eigenvalue weighted by molar-refractivity contribution is 0.247. The minimum Gasteiger partial charge on any atom is -0.328 e. The predicted molar refractivity (Wildman–Crippen MR) is 80.7 cm³/mol. The third-order valence-electron chi connectivity index (χ3n) is 3.68. The fourth-order valence-electron chi connectivity index (χ4n) is 2.41.